The Hall–Kier alpha value is -2.17. The predicted molar refractivity (Wildman–Crippen MR) is 81.7 cm³/mol. The summed E-state index contributed by atoms with van der Waals surface area (Å²) in [5, 5.41) is 2.27. The Balaban J connectivity index is 1.85. The third kappa shape index (κ3) is 1.49. The van der Waals surface area contributed by atoms with E-state index in [0.717, 1.165) is 22.9 Å². The molecular formula is C16H17N5. The molecule has 0 unspecified atom stereocenters. The molecule has 3 aromatic rings. The third-order valence-corrected chi connectivity index (χ3v) is 5.40. The quantitative estimate of drug-likeness (QED) is 0.743. The van der Waals surface area contributed by atoms with Crippen molar-refractivity contribution in [3.8, 4) is 0 Å². The first kappa shape index (κ1) is 11.5. The Bertz CT molecular complexity index is 852. The Morgan fingerprint density at radius 3 is 2.90 bits per heavy atom. The molecule has 5 rings (SSSR count). The van der Waals surface area contributed by atoms with Crippen LogP contribution in [0.2, 0.25) is 0 Å². The molecule has 0 spiro atoms. The van der Waals surface area contributed by atoms with Crippen LogP contribution >= 0.6 is 0 Å². The van der Waals surface area contributed by atoms with E-state index >= 15 is 0 Å². The van der Waals surface area contributed by atoms with Crippen molar-refractivity contribution in [3.63, 3.8) is 0 Å². The van der Waals surface area contributed by atoms with Crippen LogP contribution in [0.3, 0.4) is 0 Å². The summed E-state index contributed by atoms with van der Waals surface area (Å²) in [5.74, 6) is 2.02. The average molecular weight is 279 g/mol. The Labute approximate surface area is 122 Å². The lowest BCUT2D eigenvalue weighted by Gasteiger charge is -2.24. The molecule has 5 heteroatoms. The van der Waals surface area contributed by atoms with Gasteiger partial charge >= 0.3 is 0 Å². The maximum Gasteiger partial charge on any atom is 0.221 e. The number of nitrogens with two attached hydrogens (primary N) is 1. The van der Waals surface area contributed by atoms with Crippen LogP contribution < -0.4 is 5.73 Å². The predicted octanol–water partition coefficient (Wildman–Crippen LogP) is 2.92. The number of hydrogen-bond donors (Lipinski definition) is 1. The van der Waals surface area contributed by atoms with Gasteiger partial charge in [0.25, 0.3) is 0 Å². The molecule has 21 heavy (non-hydrogen) atoms. The largest absolute Gasteiger partial charge is 0.368 e. The van der Waals surface area contributed by atoms with E-state index in [-0.39, 0.29) is 0 Å². The highest BCUT2D eigenvalue weighted by Crippen LogP contribution is 2.52. The summed E-state index contributed by atoms with van der Waals surface area (Å²) >= 11 is 0. The van der Waals surface area contributed by atoms with Crippen molar-refractivity contribution in [3.05, 3.63) is 24.7 Å². The van der Waals surface area contributed by atoms with Crippen LogP contribution in [0.4, 0.5) is 5.95 Å². The minimum atomic E-state index is 0.350. The number of nitrogens with zero attached hydrogens (tertiary/aromatic N) is 4. The summed E-state index contributed by atoms with van der Waals surface area (Å²) < 4.78 is 2.39. The van der Waals surface area contributed by atoms with Crippen molar-refractivity contribution >= 4 is 27.9 Å². The van der Waals surface area contributed by atoms with Crippen molar-refractivity contribution in [2.24, 2.45) is 11.8 Å². The molecule has 3 aromatic heterocycles. The number of aromatic nitrogens is 4. The number of rotatable bonds is 1. The number of fused-ring (bicyclic) bond motifs is 5. The Morgan fingerprint density at radius 2 is 2.10 bits per heavy atom. The van der Waals surface area contributed by atoms with Gasteiger partial charge in [-0.2, -0.15) is 4.98 Å². The van der Waals surface area contributed by atoms with Crippen LogP contribution in [-0.4, -0.2) is 19.5 Å². The summed E-state index contributed by atoms with van der Waals surface area (Å²) in [5.41, 5.74) is 7.98. The van der Waals surface area contributed by atoms with Gasteiger partial charge in [-0.15, -0.1) is 0 Å². The zero-order valence-electron chi connectivity index (χ0n) is 11.7. The summed E-state index contributed by atoms with van der Waals surface area (Å²) in [6, 6.07) is 2.60. The van der Waals surface area contributed by atoms with E-state index in [4.69, 9.17) is 5.73 Å². The van der Waals surface area contributed by atoms with Gasteiger partial charge in [0, 0.05) is 29.2 Å². The molecule has 0 aromatic carbocycles. The molecule has 2 bridgehead atoms. The highest BCUT2D eigenvalue weighted by atomic mass is 15.1. The molecule has 0 radical (unpaired) electrons. The number of anilines is 1. The first-order valence-electron chi connectivity index (χ1n) is 7.67. The summed E-state index contributed by atoms with van der Waals surface area (Å²) in [4.78, 5) is 13.0. The van der Waals surface area contributed by atoms with Crippen molar-refractivity contribution in [2.45, 2.75) is 31.7 Å². The van der Waals surface area contributed by atoms with E-state index in [1.807, 2.05) is 18.6 Å². The molecule has 2 aliphatic carbocycles. The number of nitrogen functional groups attached to an aromatic ring is 1. The van der Waals surface area contributed by atoms with Gasteiger partial charge in [-0.05, 0) is 37.2 Å². The molecule has 2 saturated carbocycles. The molecule has 2 fully saturated rings. The normalized spacial score (nSPS) is 27.9. The van der Waals surface area contributed by atoms with E-state index < -0.39 is 0 Å². The second-order valence-electron chi connectivity index (χ2n) is 6.47. The first-order valence-corrected chi connectivity index (χ1v) is 7.67. The number of pyridine rings is 1. The fourth-order valence-corrected chi connectivity index (χ4v) is 4.54. The van der Waals surface area contributed by atoms with Crippen LogP contribution in [0, 0.1) is 11.8 Å². The summed E-state index contributed by atoms with van der Waals surface area (Å²) in [7, 11) is 0. The summed E-state index contributed by atoms with van der Waals surface area (Å²) in [6.45, 7) is 0. The number of hydrogen-bond acceptors (Lipinski definition) is 4. The van der Waals surface area contributed by atoms with Crippen LogP contribution in [0.25, 0.3) is 21.9 Å². The van der Waals surface area contributed by atoms with Gasteiger partial charge in [0.05, 0.1) is 11.7 Å². The van der Waals surface area contributed by atoms with E-state index in [0.29, 0.717) is 12.0 Å². The Morgan fingerprint density at radius 1 is 1.14 bits per heavy atom. The molecule has 3 heterocycles. The monoisotopic (exact) mass is 279 g/mol. The van der Waals surface area contributed by atoms with Gasteiger partial charge in [0.2, 0.25) is 5.95 Å². The lowest BCUT2D eigenvalue weighted by Crippen LogP contribution is -2.16. The van der Waals surface area contributed by atoms with Crippen molar-refractivity contribution < 1.29 is 0 Å². The van der Waals surface area contributed by atoms with Crippen molar-refractivity contribution in [1.82, 2.24) is 19.5 Å². The average Bonchev–Trinajstić information content (AvgIpc) is 3.18. The molecule has 2 aliphatic rings. The lowest BCUT2D eigenvalue weighted by molar-refractivity contribution is 0.342. The zero-order chi connectivity index (χ0) is 14.0. The minimum Gasteiger partial charge on any atom is -0.368 e. The van der Waals surface area contributed by atoms with Gasteiger partial charge < -0.3 is 10.3 Å². The van der Waals surface area contributed by atoms with Gasteiger partial charge in [-0.3, -0.25) is 4.98 Å². The highest BCUT2D eigenvalue weighted by molar-refractivity contribution is 6.06. The molecule has 2 N–H and O–H groups in total. The zero-order valence-corrected chi connectivity index (χ0v) is 11.7. The van der Waals surface area contributed by atoms with Crippen molar-refractivity contribution in [1.29, 1.82) is 0 Å². The van der Waals surface area contributed by atoms with Crippen LogP contribution in [0.15, 0.2) is 24.7 Å². The second kappa shape index (κ2) is 3.93. The van der Waals surface area contributed by atoms with Crippen LogP contribution in [-0.2, 0) is 0 Å². The van der Waals surface area contributed by atoms with Gasteiger partial charge in [0.1, 0.15) is 5.65 Å². The van der Waals surface area contributed by atoms with Crippen LogP contribution in [0.5, 0.6) is 0 Å². The minimum absolute atomic E-state index is 0.350. The standard InChI is InChI=1S/C16H17N5/c17-16-19-7-12-11-3-4-18-8-14(11)21(15(12)20-16)13-6-9-1-2-10(13)5-9/h3-4,7-10,13H,1-2,5-6H2,(H2,17,19,20)/t9-,10+,13+/m0/s1. The highest BCUT2D eigenvalue weighted by Gasteiger charge is 2.41. The fraction of sp³-hybridized carbons (Fsp3) is 0.438. The molecule has 106 valence electrons. The van der Waals surface area contributed by atoms with Gasteiger partial charge in [-0.25, -0.2) is 4.98 Å². The topological polar surface area (TPSA) is 69.6 Å². The van der Waals surface area contributed by atoms with Gasteiger partial charge in [0.15, 0.2) is 0 Å². The smallest absolute Gasteiger partial charge is 0.221 e. The summed E-state index contributed by atoms with van der Waals surface area (Å²) in [6.07, 6.45) is 11.0. The SMILES string of the molecule is Nc1ncc2c3ccncc3n([C@@H]3C[C@H]4CC[C@@H]3C4)c2n1. The first-order chi connectivity index (χ1) is 10.3. The van der Waals surface area contributed by atoms with Gasteiger partial charge in [-0.1, -0.05) is 6.42 Å². The second-order valence-corrected chi connectivity index (χ2v) is 6.47. The van der Waals surface area contributed by atoms with Crippen molar-refractivity contribution in [2.75, 3.05) is 5.73 Å². The van der Waals surface area contributed by atoms with E-state index in [9.17, 15) is 0 Å². The molecule has 3 atom stereocenters. The maximum absolute atomic E-state index is 5.84. The molecular weight excluding hydrogens is 262 g/mol. The fourth-order valence-electron chi connectivity index (χ4n) is 4.54. The molecule has 0 amide bonds. The maximum atomic E-state index is 5.84. The molecule has 5 nitrogen and oxygen atoms in total. The van der Waals surface area contributed by atoms with E-state index in [1.54, 1.807) is 0 Å². The Kier molecular flexibility index (Phi) is 2.15. The molecule has 0 saturated heterocycles. The van der Waals surface area contributed by atoms with E-state index in [2.05, 4.69) is 25.6 Å². The van der Waals surface area contributed by atoms with Crippen LogP contribution in [0.1, 0.15) is 31.7 Å². The lowest BCUT2D eigenvalue weighted by atomic mass is 9.95. The van der Waals surface area contributed by atoms with E-state index in [1.165, 1.54) is 36.6 Å². The molecule has 0 aliphatic heterocycles. The third-order valence-electron chi connectivity index (χ3n) is 5.40.